The number of fused-ring (bicyclic) bond motifs is 1. The van der Waals surface area contributed by atoms with Crippen molar-refractivity contribution in [2.75, 3.05) is 39.0 Å². The summed E-state index contributed by atoms with van der Waals surface area (Å²) in [4.78, 5) is 41.3. The largest absolute Gasteiger partial charge is 0.416 e. The number of benzene rings is 1. The van der Waals surface area contributed by atoms with E-state index in [4.69, 9.17) is 5.10 Å². The molecule has 2 aromatic heterocycles. The van der Waals surface area contributed by atoms with Crippen LogP contribution in [0.1, 0.15) is 74.3 Å². The summed E-state index contributed by atoms with van der Waals surface area (Å²) in [6, 6.07) is 6.65. The van der Waals surface area contributed by atoms with Gasteiger partial charge in [-0.25, -0.2) is 8.42 Å². The van der Waals surface area contributed by atoms with Crippen LogP contribution < -0.4 is 5.32 Å². The number of nitrogens with zero attached hydrogens (tertiary/aromatic N) is 5. The second-order valence-corrected chi connectivity index (χ2v) is 16.5. The van der Waals surface area contributed by atoms with Crippen LogP contribution in [0.5, 0.6) is 0 Å². The molecule has 2 amide bonds. The highest BCUT2D eigenvalue weighted by molar-refractivity contribution is 7.88. The average Bonchev–Trinajstić information content (AvgIpc) is 3.82. The maximum absolute atomic E-state index is 14.1. The Kier molecular flexibility index (Phi) is 10.8. The summed E-state index contributed by atoms with van der Waals surface area (Å²) < 4.78 is 70.4. The van der Waals surface area contributed by atoms with Crippen molar-refractivity contribution in [1.82, 2.24) is 29.2 Å². The van der Waals surface area contributed by atoms with Gasteiger partial charge in [0.05, 0.1) is 39.9 Å². The van der Waals surface area contributed by atoms with Crippen molar-refractivity contribution >= 4 is 39.0 Å². The number of nitrogens with one attached hydrogen (secondary N) is 1. The maximum atomic E-state index is 14.1. The number of rotatable bonds is 11. The van der Waals surface area contributed by atoms with Gasteiger partial charge in [-0.05, 0) is 56.0 Å². The number of likely N-dealkylation sites (tertiary alicyclic amines) is 2. The molecular weight excluding hydrogens is 710 g/mol. The van der Waals surface area contributed by atoms with Crippen LogP contribution in [-0.2, 0) is 47.0 Å². The predicted molar refractivity (Wildman–Crippen MR) is 184 cm³/mol. The minimum absolute atomic E-state index is 0.0354. The first-order valence-corrected chi connectivity index (χ1v) is 19.6. The molecule has 2 fully saturated rings. The van der Waals surface area contributed by atoms with Gasteiger partial charge in [-0.1, -0.05) is 6.07 Å². The Balaban J connectivity index is 1.23. The monoisotopic (exact) mass is 750 g/mol. The second kappa shape index (κ2) is 14.8. The summed E-state index contributed by atoms with van der Waals surface area (Å²) in [5.74, 6) is -0.652. The quantitative estimate of drug-likeness (QED) is 0.284. The van der Waals surface area contributed by atoms with E-state index in [2.05, 4.69) is 10.2 Å². The third-order valence-corrected chi connectivity index (χ3v) is 12.3. The van der Waals surface area contributed by atoms with Crippen LogP contribution in [0.25, 0.3) is 11.3 Å². The highest BCUT2D eigenvalue weighted by atomic mass is 32.2. The first-order chi connectivity index (χ1) is 24.1. The van der Waals surface area contributed by atoms with Crippen LogP contribution in [0, 0.1) is 0 Å². The molecule has 276 valence electrons. The molecular formula is C34H41F3N6O6S2. The zero-order valence-corrected chi connectivity index (χ0v) is 30.0. The standard InChI is InChI=1S/C34H41F3N6O6S2/c1-21(44)29-7-8-30(50-29)33(47)38-17-23-16-22(5-6-27(23)34(35,36)37)32-26-20-41(51(2,48)49)15-11-28(26)43(39-32)19-25(45)18-40-13-9-24(10-14-40)42-12-3-4-31(42)46/h5-8,16,24-25,45H,3-4,9-15,17-20H2,1-2H3,(H,38,47). The lowest BCUT2D eigenvalue weighted by Crippen LogP contribution is -2.47. The van der Waals surface area contributed by atoms with E-state index in [1.54, 1.807) is 4.68 Å². The van der Waals surface area contributed by atoms with Crippen molar-refractivity contribution in [3.05, 3.63) is 62.5 Å². The molecule has 6 rings (SSSR count). The molecule has 1 atom stereocenters. The number of hydrogen-bond donors (Lipinski definition) is 2. The van der Waals surface area contributed by atoms with E-state index in [1.165, 1.54) is 35.5 Å². The number of halogens is 3. The molecule has 5 heterocycles. The fourth-order valence-electron chi connectivity index (χ4n) is 7.23. The number of thiophene rings is 1. The minimum atomic E-state index is -4.72. The number of hydrogen-bond acceptors (Lipinski definition) is 9. The summed E-state index contributed by atoms with van der Waals surface area (Å²) in [7, 11) is -3.60. The lowest BCUT2D eigenvalue weighted by molar-refractivity contribution is -0.138. The van der Waals surface area contributed by atoms with E-state index >= 15 is 0 Å². The second-order valence-electron chi connectivity index (χ2n) is 13.5. The van der Waals surface area contributed by atoms with Gasteiger partial charge in [0.2, 0.25) is 15.9 Å². The van der Waals surface area contributed by atoms with Gasteiger partial charge < -0.3 is 20.2 Å². The molecule has 2 N–H and O–H groups in total. The number of β-amino-alcohol motifs (C(OH)–C–C–N with tert-alkyl or cyclic N) is 1. The number of carbonyl (C=O) groups is 3. The molecule has 1 aromatic carbocycles. The molecule has 0 aliphatic carbocycles. The topological polar surface area (TPSA) is 145 Å². The van der Waals surface area contributed by atoms with Gasteiger partial charge in [0.25, 0.3) is 5.91 Å². The van der Waals surface area contributed by atoms with Crippen molar-refractivity contribution in [2.45, 2.75) is 77.0 Å². The third kappa shape index (κ3) is 8.38. The predicted octanol–water partition coefficient (Wildman–Crippen LogP) is 3.53. The molecule has 0 radical (unpaired) electrons. The van der Waals surface area contributed by atoms with Crippen LogP contribution in [0.2, 0.25) is 0 Å². The number of aromatic nitrogens is 2. The Morgan fingerprint density at radius 2 is 1.78 bits per heavy atom. The number of piperidine rings is 1. The molecule has 51 heavy (non-hydrogen) atoms. The Morgan fingerprint density at radius 1 is 1.06 bits per heavy atom. The zero-order chi connectivity index (χ0) is 36.7. The number of amides is 2. The lowest BCUT2D eigenvalue weighted by atomic mass is 9.97. The molecule has 0 bridgehead atoms. The smallest absolute Gasteiger partial charge is 0.390 e. The summed E-state index contributed by atoms with van der Waals surface area (Å²) in [6.07, 6.45) is -1.03. The zero-order valence-electron chi connectivity index (χ0n) is 28.4. The number of aliphatic hydroxyl groups excluding tert-OH is 1. The Bertz CT molecular complexity index is 1920. The number of sulfonamides is 1. The molecule has 17 heteroatoms. The summed E-state index contributed by atoms with van der Waals surface area (Å²) in [5, 5.41) is 18.5. The van der Waals surface area contributed by atoms with Gasteiger partial charge in [-0.15, -0.1) is 11.3 Å². The Morgan fingerprint density at radius 3 is 2.41 bits per heavy atom. The molecule has 1 unspecified atom stereocenters. The van der Waals surface area contributed by atoms with Gasteiger partial charge in [0, 0.05) is 81.5 Å². The van der Waals surface area contributed by atoms with Gasteiger partial charge in [-0.2, -0.15) is 22.6 Å². The van der Waals surface area contributed by atoms with Gasteiger partial charge >= 0.3 is 6.18 Å². The molecule has 0 saturated carbocycles. The van der Waals surface area contributed by atoms with Crippen LogP contribution in [0.15, 0.2) is 30.3 Å². The summed E-state index contributed by atoms with van der Waals surface area (Å²) in [5.41, 5.74) is 0.688. The van der Waals surface area contributed by atoms with Crippen molar-refractivity contribution in [3.63, 3.8) is 0 Å². The number of ketones is 1. The molecule has 2 saturated heterocycles. The number of alkyl halides is 3. The van der Waals surface area contributed by atoms with E-state index in [1.807, 2.05) is 4.90 Å². The highest BCUT2D eigenvalue weighted by Gasteiger charge is 2.36. The number of Topliss-reactive ketones (excluding diaryl/α,β-unsaturated/α-hetero) is 1. The molecule has 12 nitrogen and oxygen atoms in total. The molecule has 3 aliphatic rings. The average molecular weight is 751 g/mol. The first kappa shape index (κ1) is 37.1. The lowest BCUT2D eigenvalue weighted by Gasteiger charge is -2.37. The van der Waals surface area contributed by atoms with Crippen LogP contribution >= 0.6 is 11.3 Å². The van der Waals surface area contributed by atoms with Crippen LogP contribution in [0.4, 0.5) is 13.2 Å². The van der Waals surface area contributed by atoms with Crippen molar-refractivity contribution in [3.8, 4) is 11.3 Å². The SMILES string of the molecule is CC(=O)c1ccc(C(=O)NCc2cc(-c3nn(CC(O)CN4CCC(N5CCCC5=O)CC4)c4c3CN(S(C)(=O)=O)CC4)ccc2C(F)(F)F)s1. The van der Waals surface area contributed by atoms with Crippen molar-refractivity contribution < 1.29 is 41.1 Å². The summed E-state index contributed by atoms with van der Waals surface area (Å²) >= 11 is 0.947. The Labute approximate surface area is 298 Å². The third-order valence-electron chi connectivity index (χ3n) is 9.83. The van der Waals surface area contributed by atoms with Gasteiger partial charge in [0.15, 0.2) is 5.78 Å². The first-order valence-electron chi connectivity index (χ1n) is 16.9. The van der Waals surface area contributed by atoms with E-state index in [9.17, 15) is 41.1 Å². The minimum Gasteiger partial charge on any atom is -0.390 e. The van der Waals surface area contributed by atoms with E-state index in [0.717, 1.165) is 62.6 Å². The number of carbonyl (C=O) groups excluding carboxylic acids is 3. The maximum Gasteiger partial charge on any atom is 0.416 e. The molecule has 0 spiro atoms. The van der Waals surface area contributed by atoms with Crippen LogP contribution in [0.3, 0.4) is 0 Å². The van der Waals surface area contributed by atoms with Gasteiger partial charge in [-0.3, -0.25) is 19.1 Å². The van der Waals surface area contributed by atoms with Crippen molar-refractivity contribution in [2.24, 2.45) is 0 Å². The van der Waals surface area contributed by atoms with E-state index in [0.29, 0.717) is 46.8 Å². The van der Waals surface area contributed by atoms with E-state index in [-0.39, 0.29) is 47.8 Å². The Hall–Kier alpha value is -3.64. The highest BCUT2D eigenvalue weighted by Crippen LogP contribution is 2.37. The molecule has 3 aromatic rings. The summed E-state index contributed by atoms with van der Waals surface area (Å²) in [6.45, 7) is 3.76. The fourth-order valence-corrected chi connectivity index (χ4v) is 8.84. The van der Waals surface area contributed by atoms with E-state index < -0.39 is 40.3 Å². The molecule has 3 aliphatic heterocycles. The number of aliphatic hydroxyl groups is 1. The normalized spacial score (nSPS) is 18.6. The van der Waals surface area contributed by atoms with Crippen LogP contribution in [-0.4, -0.2) is 106 Å². The van der Waals surface area contributed by atoms with Crippen molar-refractivity contribution in [1.29, 1.82) is 0 Å². The fraction of sp³-hybridized carbons (Fsp3) is 0.529. The van der Waals surface area contributed by atoms with Gasteiger partial charge in [0.1, 0.15) is 0 Å².